The highest BCUT2D eigenvalue weighted by atomic mass is 32.2. The zero-order valence-electron chi connectivity index (χ0n) is 12.8. The Morgan fingerprint density at radius 1 is 1.05 bits per heavy atom. The molecule has 21 heavy (non-hydrogen) atoms. The summed E-state index contributed by atoms with van der Waals surface area (Å²) in [6.07, 6.45) is 0. The third-order valence-electron chi connectivity index (χ3n) is 3.15. The van der Waals surface area contributed by atoms with Crippen molar-refractivity contribution in [3.63, 3.8) is 0 Å². The van der Waals surface area contributed by atoms with E-state index in [1.54, 1.807) is 0 Å². The van der Waals surface area contributed by atoms with Crippen LogP contribution in [0.3, 0.4) is 0 Å². The predicted octanol–water partition coefficient (Wildman–Crippen LogP) is 4.67. The van der Waals surface area contributed by atoms with E-state index in [0.717, 1.165) is 22.4 Å². The standard InChI is InChI=1S/C18H22N2S/c1-18(2,3)21-12-13-8-10-14(11-9-13)15-6-4-5-7-16(15)17(19)20/h4-11H,12H2,1-3H3,(H3,19,20). The van der Waals surface area contributed by atoms with E-state index in [1.807, 2.05) is 36.0 Å². The summed E-state index contributed by atoms with van der Waals surface area (Å²) in [6, 6.07) is 16.3. The number of nitrogens with two attached hydrogens (primary N) is 1. The lowest BCUT2D eigenvalue weighted by Gasteiger charge is -2.17. The van der Waals surface area contributed by atoms with E-state index in [4.69, 9.17) is 11.1 Å². The van der Waals surface area contributed by atoms with Crippen molar-refractivity contribution in [2.75, 3.05) is 0 Å². The molecule has 2 aromatic rings. The Balaban J connectivity index is 2.22. The molecule has 0 radical (unpaired) electrons. The van der Waals surface area contributed by atoms with Crippen LogP contribution in [0.25, 0.3) is 11.1 Å². The molecule has 0 amide bonds. The van der Waals surface area contributed by atoms with Gasteiger partial charge in [-0.15, -0.1) is 0 Å². The van der Waals surface area contributed by atoms with Crippen molar-refractivity contribution >= 4 is 17.6 Å². The predicted molar refractivity (Wildman–Crippen MR) is 93.9 cm³/mol. The number of benzene rings is 2. The second-order valence-corrected chi connectivity index (χ2v) is 7.86. The van der Waals surface area contributed by atoms with Gasteiger partial charge in [-0.3, -0.25) is 5.41 Å². The van der Waals surface area contributed by atoms with Gasteiger partial charge in [0, 0.05) is 16.1 Å². The molecule has 0 bridgehead atoms. The van der Waals surface area contributed by atoms with Gasteiger partial charge in [0.15, 0.2) is 0 Å². The molecular formula is C18H22N2S. The number of amidine groups is 1. The van der Waals surface area contributed by atoms with E-state index in [1.165, 1.54) is 5.56 Å². The second kappa shape index (κ2) is 6.35. The molecular weight excluding hydrogens is 276 g/mol. The maximum absolute atomic E-state index is 7.68. The number of rotatable bonds is 4. The molecule has 2 aromatic carbocycles. The molecule has 0 atom stereocenters. The molecule has 0 saturated heterocycles. The summed E-state index contributed by atoms with van der Waals surface area (Å²) in [5.74, 6) is 1.12. The van der Waals surface area contributed by atoms with Crippen molar-refractivity contribution in [1.29, 1.82) is 5.41 Å². The van der Waals surface area contributed by atoms with E-state index in [9.17, 15) is 0 Å². The average Bonchev–Trinajstić information content (AvgIpc) is 2.45. The van der Waals surface area contributed by atoms with Gasteiger partial charge in [-0.1, -0.05) is 69.3 Å². The molecule has 3 N–H and O–H groups in total. The first-order valence-electron chi connectivity index (χ1n) is 7.03. The number of nitrogens with one attached hydrogen (secondary N) is 1. The molecule has 110 valence electrons. The highest BCUT2D eigenvalue weighted by Gasteiger charge is 2.11. The average molecular weight is 298 g/mol. The van der Waals surface area contributed by atoms with Gasteiger partial charge < -0.3 is 5.73 Å². The summed E-state index contributed by atoms with van der Waals surface area (Å²) in [7, 11) is 0. The van der Waals surface area contributed by atoms with E-state index in [0.29, 0.717) is 0 Å². The molecule has 2 nitrogen and oxygen atoms in total. The second-order valence-electron chi connectivity index (χ2n) is 6.06. The molecule has 0 aromatic heterocycles. The minimum absolute atomic E-state index is 0.109. The molecule has 0 aliphatic rings. The zero-order chi connectivity index (χ0) is 15.5. The molecule has 0 fully saturated rings. The summed E-state index contributed by atoms with van der Waals surface area (Å²) in [6.45, 7) is 6.69. The minimum Gasteiger partial charge on any atom is -0.384 e. The molecule has 0 unspecified atom stereocenters. The van der Waals surface area contributed by atoms with Gasteiger partial charge in [-0.2, -0.15) is 11.8 Å². The van der Waals surface area contributed by atoms with Crippen LogP contribution in [0.5, 0.6) is 0 Å². The summed E-state index contributed by atoms with van der Waals surface area (Å²) in [5.41, 5.74) is 9.88. The van der Waals surface area contributed by atoms with Crippen LogP contribution >= 0.6 is 11.8 Å². The highest BCUT2D eigenvalue weighted by molar-refractivity contribution is 7.99. The van der Waals surface area contributed by atoms with Crippen molar-refractivity contribution in [3.8, 4) is 11.1 Å². The summed E-state index contributed by atoms with van der Waals surface area (Å²) in [5, 5.41) is 7.68. The van der Waals surface area contributed by atoms with E-state index in [2.05, 4.69) is 45.0 Å². The largest absolute Gasteiger partial charge is 0.384 e. The van der Waals surface area contributed by atoms with Crippen molar-refractivity contribution in [2.45, 2.75) is 31.3 Å². The smallest absolute Gasteiger partial charge is 0.123 e. The molecule has 2 rings (SSSR count). The maximum atomic E-state index is 7.68. The van der Waals surface area contributed by atoms with Gasteiger partial charge in [-0.05, 0) is 16.7 Å². The quantitative estimate of drug-likeness (QED) is 0.636. The van der Waals surface area contributed by atoms with E-state index in [-0.39, 0.29) is 10.6 Å². The Bertz CT molecular complexity index is 624. The fourth-order valence-electron chi connectivity index (χ4n) is 2.05. The van der Waals surface area contributed by atoms with Crippen LogP contribution in [-0.4, -0.2) is 10.6 Å². The normalized spacial score (nSPS) is 11.4. The van der Waals surface area contributed by atoms with Crippen LogP contribution in [0.15, 0.2) is 48.5 Å². The zero-order valence-corrected chi connectivity index (χ0v) is 13.6. The Hall–Kier alpha value is -1.74. The van der Waals surface area contributed by atoms with Crippen LogP contribution < -0.4 is 5.73 Å². The van der Waals surface area contributed by atoms with E-state index < -0.39 is 0 Å². The lowest BCUT2D eigenvalue weighted by atomic mass is 9.98. The van der Waals surface area contributed by atoms with Crippen molar-refractivity contribution in [3.05, 3.63) is 59.7 Å². The fraction of sp³-hybridized carbons (Fsp3) is 0.278. The Morgan fingerprint density at radius 3 is 2.24 bits per heavy atom. The van der Waals surface area contributed by atoms with E-state index >= 15 is 0 Å². The SMILES string of the molecule is CC(C)(C)SCc1ccc(-c2ccccc2C(=N)N)cc1. The van der Waals surface area contributed by atoms with Crippen LogP contribution in [0, 0.1) is 5.41 Å². The molecule has 3 heteroatoms. The van der Waals surface area contributed by atoms with Gasteiger partial charge in [0.05, 0.1) is 0 Å². The first kappa shape index (κ1) is 15.6. The minimum atomic E-state index is 0.109. The number of thioether (sulfide) groups is 1. The Labute approximate surface area is 131 Å². The third kappa shape index (κ3) is 4.36. The van der Waals surface area contributed by atoms with Crippen LogP contribution in [-0.2, 0) is 5.75 Å². The van der Waals surface area contributed by atoms with Gasteiger partial charge in [0.2, 0.25) is 0 Å². The number of nitrogen functional groups attached to an aromatic ring is 1. The molecule has 0 saturated carbocycles. The monoisotopic (exact) mass is 298 g/mol. The summed E-state index contributed by atoms with van der Waals surface area (Å²) >= 11 is 1.94. The molecule has 0 spiro atoms. The molecule has 0 heterocycles. The van der Waals surface area contributed by atoms with Crippen LogP contribution in [0.4, 0.5) is 0 Å². The summed E-state index contributed by atoms with van der Waals surface area (Å²) in [4.78, 5) is 0. The lowest BCUT2D eigenvalue weighted by molar-refractivity contribution is 0.802. The number of hydrogen-bond donors (Lipinski definition) is 2. The van der Waals surface area contributed by atoms with Gasteiger partial charge >= 0.3 is 0 Å². The van der Waals surface area contributed by atoms with Crippen molar-refractivity contribution in [2.24, 2.45) is 5.73 Å². The topological polar surface area (TPSA) is 49.9 Å². The highest BCUT2D eigenvalue weighted by Crippen LogP contribution is 2.29. The van der Waals surface area contributed by atoms with Gasteiger partial charge in [-0.25, -0.2) is 0 Å². The van der Waals surface area contributed by atoms with Gasteiger partial charge in [0.25, 0.3) is 0 Å². The van der Waals surface area contributed by atoms with Crippen LogP contribution in [0.1, 0.15) is 31.9 Å². The Morgan fingerprint density at radius 2 is 1.67 bits per heavy atom. The third-order valence-corrected chi connectivity index (χ3v) is 4.50. The first-order chi connectivity index (χ1) is 9.87. The molecule has 0 aliphatic heterocycles. The van der Waals surface area contributed by atoms with Crippen molar-refractivity contribution < 1.29 is 0 Å². The molecule has 0 aliphatic carbocycles. The lowest BCUT2D eigenvalue weighted by Crippen LogP contribution is -2.12. The van der Waals surface area contributed by atoms with Gasteiger partial charge in [0.1, 0.15) is 5.84 Å². The maximum Gasteiger partial charge on any atom is 0.123 e. The Kier molecular flexibility index (Phi) is 4.73. The summed E-state index contributed by atoms with van der Waals surface area (Å²) < 4.78 is 0.278. The van der Waals surface area contributed by atoms with Crippen LogP contribution in [0.2, 0.25) is 0 Å². The number of hydrogen-bond acceptors (Lipinski definition) is 2. The first-order valence-corrected chi connectivity index (χ1v) is 8.02. The van der Waals surface area contributed by atoms with Crippen molar-refractivity contribution in [1.82, 2.24) is 0 Å². The fourth-order valence-corrected chi connectivity index (χ4v) is 2.84.